The number of aromatic nitrogens is 2. The molecule has 2 aromatic carbocycles. The first-order chi connectivity index (χ1) is 28.2. The normalized spacial score (nSPS) is 22.1. The van der Waals surface area contributed by atoms with Gasteiger partial charge in [-0.3, -0.25) is 24.5 Å². The van der Waals surface area contributed by atoms with Gasteiger partial charge in [0.15, 0.2) is 0 Å². The summed E-state index contributed by atoms with van der Waals surface area (Å²) >= 11 is 0. The van der Waals surface area contributed by atoms with E-state index in [1.165, 1.54) is 12.1 Å². The number of imide groups is 1. The highest BCUT2D eigenvalue weighted by atomic mass is 19.1. The first kappa shape index (κ1) is 39.2. The van der Waals surface area contributed by atoms with Crippen molar-refractivity contribution in [2.75, 3.05) is 41.7 Å². The van der Waals surface area contributed by atoms with Gasteiger partial charge in [-0.2, -0.15) is 0 Å². The van der Waals surface area contributed by atoms with Crippen LogP contribution in [-0.2, 0) is 14.4 Å². The second-order valence-corrected chi connectivity index (χ2v) is 16.5. The molecule has 1 saturated carbocycles. The summed E-state index contributed by atoms with van der Waals surface area (Å²) in [7, 11) is 0. The van der Waals surface area contributed by atoms with Crippen molar-refractivity contribution < 1.29 is 23.2 Å². The summed E-state index contributed by atoms with van der Waals surface area (Å²) in [5.41, 5.74) is 2.89. The van der Waals surface area contributed by atoms with Crippen LogP contribution in [0.3, 0.4) is 0 Å². The van der Waals surface area contributed by atoms with Gasteiger partial charge in [-0.25, -0.2) is 13.8 Å². The van der Waals surface area contributed by atoms with Gasteiger partial charge in [0, 0.05) is 67.6 Å². The van der Waals surface area contributed by atoms with E-state index in [1.54, 1.807) is 54.7 Å². The Morgan fingerprint density at radius 3 is 2.22 bits per heavy atom. The average Bonchev–Trinajstić information content (AvgIpc) is 3.23. The van der Waals surface area contributed by atoms with Crippen LogP contribution in [0.4, 0.5) is 26.0 Å². The second kappa shape index (κ2) is 17.5. The molecule has 4 aliphatic rings. The molecule has 304 valence electrons. The Morgan fingerprint density at radius 1 is 0.759 bits per heavy atom. The van der Waals surface area contributed by atoms with Gasteiger partial charge < -0.3 is 25.4 Å². The van der Waals surface area contributed by atoms with Crippen LogP contribution in [0.5, 0.6) is 0 Å². The monoisotopic (exact) mass is 791 g/mol. The molecule has 3 saturated heterocycles. The van der Waals surface area contributed by atoms with Crippen LogP contribution in [0.15, 0.2) is 77.7 Å². The quantitative estimate of drug-likeness (QED) is 0.125. The zero-order chi connectivity index (χ0) is 40.2. The van der Waals surface area contributed by atoms with Crippen molar-refractivity contribution in [2.45, 2.75) is 82.7 Å². The van der Waals surface area contributed by atoms with Crippen molar-refractivity contribution >= 4 is 34.9 Å². The lowest BCUT2D eigenvalue weighted by Crippen LogP contribution is -2.47. The van der Waals surface area contributed by atoms with Crippen LogP contribution in [0.1, 0.15) is 70.6 Å². The maximum absolute atomic E-state index is 15.2. The van der Waals surface area contributed by atoms with E-state index in [4.69, 9.17) is 0 Å². The van der Waals surface area contributed by atoms with Gasteiger partial charge in [0.25, 0.3) is 5.56 Å². The molecule has 4 N–H and O–H groups in total. The van der Waals surface area contributed by atoms with Crippen molar-refractivity contribution in [3.8, 4) is 22.4 Å². The van der Waals surface area contributed by atoms with E-state index in [9.17, 15) is 19.2 Å². The van der Waals surface area contributed by atoms with E-state index in [0.29, 0.717) is 52.1 Å². The van der Waals surface area contributed by atoms with Crippen LogP contribution >= 0.6 is 0 Å². The number of halogens is 2. The van der Waals surface area contributed by atoms with Crippen LogP contribution in [0, 0.1) is 29.4 Å². The molecule has 3 aliphatic heterocycles. The van der Waals surface area contributed by atoms with Gasteiger partial charge in [-0.1, -0.05) is 18.2 Å². The van der Waals surface area contributed by atoms with Crippen LogP contribution < -0.4 is 26.4 Å². The minimum absolute atomic E-state index is 0.0159. The molecule has 1 atom stereocenters. The molecule has 1 unspecified atom stereocenters. The second-order valence-electron chi connectivity index (χ2n) is 16.5. The number of nitrogens with one attached hydrogen (secondary N) is 4. The fourth-order valence-corrected chi connectivity index (χ4v) is 9.32. The Bertz CT molecular complexity index is 2190. The summed E-state index contributed by atoms with van der Waals surface area (Å²) in [6, 6.07) is 18.3. The number of likely N-dealkylation sites (tertiary alicyclic amines) is 1. The van der Waals surface area contributed by atoms with Gasteiger partial charge in [-0.05, 0) is 130 Å². The van der Waals surface area contributed by atoms with Gasteiger partial charge in [0.1, 0.15) is 29.2 Å². The van der Waals surface area contributed by atoms with E-state index < -0.39 is 11.9 Å². The number of carbonyl (C=O) groups is 3. The Hall–Kier alpha value is -5.59. The molecule has 58 heavy (non-hydrogen) atoms. The van der Waals surface area contributed by atoms with Crippen molar-refractivity contribution in [1.29, 1.82) is 0 Å². The Labute approximate surface area is 337 Å². The van der Waals surface area contributed by atoms with Crippen LogP contribution in [-0.4, -0.2) is 70.9 Å². The van der Waals surface area contributed by atoms with Gasteiger partial charge in [0.2, 0.25) is 17.7 Å². The van der Waals surface area contributed by atoms with Gasteiger partial charge in [0.05, 0.1) is 5.69 Å². The van der Waals surface area contributed by atoms with Gasteiger partial charge in [-0.15, -0.1) is 0 Å². The molecule has 13 heteroatoms. The Morgan fingerprint density at radius 2 is 1.50 bits per heavy atom. The molecule has 0 spiro atoms. The molecular formula is C45H51F2N7O4. The maximum Gasteiger partial charge on any atom is 0.255 e. The summed E-state index contributed by atoms with van der Waals surface area (Å²) in [6.07, 6.45) is 10.7. The summed E-state index contributed by atoms with van der Waals surface area (Å²) in [6.45, 7) is 3.18. The zero-order valence-corrected chi connectivity index (χ0v) is 32.7. The summed E-state index contributed by atoms with van der Waals surface area (Å²) in [5, 5.41) is 8.87. The van der Waals surface area contributed by atoms with E-state index in [1.807, 2.05) is 6.07 Å². The average molecular weight is 792 g/mol. The summed E-state index contributed by atoms with van der Waals surface area (Å²) in [5.74, 6) is 0.626. The molecule has 0 radical (unpaired) electrons. The van der Waals surface area contributed by atoms with Crippen molar-refractivity contribution in [1.82, 2.24) is 20.2 Å². The Kier molecular flexibility index (Phi) is 11.8. The summed E-state index contributed by atoms with van der Waals surface area (Å²) in [4.78, 5) is 61.0. The molecule has 5 heterocycles. The molecule has 2 aromatic heterocycles. The minimum atomic E-state index is -0.552. The number of piperidine rings is 3. The number of hydrogen-bond acceptors (Lipinski definition) is 8. The predicted molar refractivity (Wildman–Crippen MR) is 220 cm³/mol. The number of rotatable bonds is 10. The topological polar surface area (TPSA) is 140 Å². The zero-order valence-electron chi connectivity index (χ0n) is 32.7. The predicted octanol–water partition coefficient (Wildman–Crippen LogP) is 7.12. The maximum atomic E-state index is 15.2. The number of anilines is 3. The number of aromatic amines is 1. The van der Waals surface area contributed by atoms with E-state index in [-0.39, 0.29) is 53.2 Å². The molecule has 3 amide bonds. The van der Waals surface area contributed by atoms with Crippen molar-refractivity contribution in [3.63, 3.8) is 0 Å². The fraction of sp³-hybridized carbons (Fsp3) is 0.444. The van der Waals surface area contributed by atoms with E-state index >= 15 is 8.78 Å². The number of hydrogen-bond donors (Lipinski definition) is 4. The lowest BCUT2D eigenvalue weighted by molar-refractivity contribution is -0.138. The lowest BCUT2D eigenvalue weighted by Gasteiger charge is -2.39. The highest BCUT2D eigenvalue weighted by molar-refractivity contribution is 6.01. The smallest absolute Gasteiger partial charge is 0.255 e. The third-order valence-corrected chi connectivity index (χ3v) is 12.6. The first-order valence-corrected chi connectivity index (χ1v) is 20.8. The number of nitrogens with zero attached hydrogens (tertiary/aromatic N) is 3. The molecule has 4 fully saturated rings. The number of carbonyl (C=O) groups excluding carboxylic acids is 3. The summed E-state index contributed by atoms with van der Waals surface area (Å²) < 4.78 is 30.2. The number of pyridine rings is 2. The van der Waals surface area contributed by atoms with Crippen molar-refractivity contribution in [2.24, 2.45) is 17.8 Å². The molecule has 4 aromatic rings. The van der Waals surface area contributed by atoms with Crippen molar-refractivity contribution in [3.05, 3.63) is 94.9 Å². The molecule has 1 aliphatic carbocycles. The van der Waals surface area contributed by atoms with Crippen LogP contribution in [0.2, 0.25) is 0 Å². The van der Waals surface area contributed by atoms with Gasteiger partial charge >= 0.3 is 0 Å². The third-order valence-electron chi connectivity index (χ3n) is 12.6. The fourth-order valence-electron chi connectivity index (χ4n) is 9.32. The third kappa shape index (κ3) is 9.08. The lowest BCUT2D eigenvalue weighted by atomic mass is 9.81. The molecule has 11 nitrogen and oxygen atoms in total. The highest BCUT2D eigenvalue weighted by Gasteiger charge is 2.33. The first-order valence-electron chi connectivity index (χ1n) is 20.8. The molecule has 8 rings (SSSR count). The number of amides is 3. The molecular weight excluding hydrogens is 741 g/mol. The Balaban J connectivity index is 0.761. The number of H-pyrrole nitrogens is 1. The van der Waals surface area contributed by atoms with Crippen LogP contribution in [0.25, 0.3) is 22.4 Å². The van der Waals surface area contributed by atoms with E-state index in [2.05, 4.69) is 35.7 Å². The SMILES string of the molecule is O=C1CCC(Nc2ccc(N3CCC(CC4CCN(C(=O)C5CCC(Nc6ccc(F)c(-c7cccc(-c8ccc[nH]c8=O)c7)n6)CC5)CC4)CC3)c(F)c2)C(=O)N1. The number of benzene rings is 2. The largest absolute Gasteiger partial charge is 0.374 e. The standard InChI is InChI=1S/C45H51F2N7O4/c46-36-11-14-40(51-42(36)32-4-1-3-31(26-32)35-5-2-20-48-43(35)56)50-33-8-6-30(7-9-33)45(58)54-23-18-29(19-24-54)25-28-16-21-53(22-17-28)39-13-10-34(27-37(39)47)49-38-12-15-41(55)52-44(38)57/h1-5,10-11,13-14,20,26-30,33,38,49H,6-9,12,15-19,21-25H2,(H,48,56)(H,50,51)(H,52,55,57). The highest BCUT2D eigenvalue weighted by Crippen LogP contribution is 2.35. The minimum Gasteiger partial charge on any atom is -0.374 e. The van der Waals surface area contributed by atoms with E-state index in [0.717, 1.165) is 84.0 Å². The molecule has 0 bridgehead atoms.